The van der Waals surface area contributed by atoms with Crippen molar-refractivity contribution in [2.45, 2.75) is 13.5 Å². The molecule has 0 saturated carbocycles. The fourth-order valence-electron chi connectivity index (χ4n) is 2.16. The second-order valence-corrected chi connectivity index (χ2v) is 5.35. The molecule has 0 aliphatic carbocycles. The van der Waals surface area contributed by atoms with Crippen molar-refractivity contribution in [1.29, 1.82) is 0 Å². The highest BCUT2D eigenvalue weighted by Crippen LogP contribution is 2.24. The maximum Gasteiger partial charge on any atom is 0.387 e. The molecule has 2 aromatic heterocycles. The quantitative estimate of drug-likeness (QED) is 0.648. The number of halogens is 3. The first-order valence-corrected chi connectivity index (χ1v) is 7.23. The van der Waals surface area contributed by atoms with Crippen LogP contribution in [0, 0.1) is 6.92 Å². The SMILES string of the molecule is Cc1nc2ncc(Br)nn2c1C(=O)c1ccccc1OC(F)F. The second-order valence-electron chi connectivity index (χ2n) is 4.54. The van der Waals surface area contributed by atoms with Gasteiger partial charge in [-0.05, 0) is 35.0 Å². The van der Waals surface area contributed by atoms with E-state index >= 15 is 0 Å². The van der Waals surface area contributed by atoms with E-state index < -0.39 is 12.4 Å². The third-order valence-corrected chi connectivity index (χ3v) is 3.42. The minimum atomic E-state index is -3.03. The van der Waals surface area contributed by atoms with Gasteiger partial charge in [0, 0.05) is 0 Å². The zero-order valence-electron chi connectivity index (χ0n) is 11.7. The Morgan fingerprint density at radius 1 is 1.35 bits per heavy atom. The van der Waals surface area contributed by atoms with Crippen molar-refractivity contribution in [2.24, 2.45) is 0 Å². The molecule has 0 aliphatic rings. The van der Waals surface area contributed by atoms with Gasteiger partial charge in [-0.2, -0.15) is 18.4 Å². The van der Waals surface area contributed by atoms with Gasteiger partial charge in [0.2, 0.25) is 5.78 Å². The van der Waals surface area contributed by atoms with Gasteiger partial charge >= 0.3 is 6.61 Å². The van der Waals surface area contributed by atoms with Gasteiger partial charge in [0.05, 0.1) is 17.5 Å². The third-order valence-electron chi connectivity index (χ3n) is 3.06. The number of carbonyl (C=O) groups excluding carboxylic acids is 1. The molecule has 2 heterocycles. The average molecular weight is 383 g/mol. The summed E-state index contributed by atoms with van der Waals surface area (Å²) in [5, 5.41) is 4.13. The Balaban J connectivity index is 2.15. The fourth-order valence-corrected chi connectivity index (χ4v) is 2.42. The first kappa shape index (κ1) is 15.5. The number of ether oxygens (including phenoxy) is 1. The molecule has 6 nitrogen and oxygen atoms in total. The van der Waals surface area contributed by atoms with Crippen molar-refractivity contribution in [3.8, 4) is 5.75 Å². The topological polar surface area (TPSA) is 69.4 Å². The monoisotopic (exact) mass is 382 g/mol. The van der Waals surface area contributed by atoms with Crippen LogP contribution in [0.3, 0.4) is 0 Å². The van der Waals surface area contributed by atoms with E-state index in [-0.39, 0.29) is 22.8 Å². The van der Waals surface area contributed by atoms with E-state index in [0.717, 1.165) is 0 Å². The lowest BCUT2D eigenvalue weighted by atomic mass is 10.1. The highest BCUT2D eigenvalue weighted by atomic mass is 79.9. The van der Waals surface area contributed by atoms with Gasteiger partial charge in [-0.1, -0.05) is 12.1 Å². The highest BCUT2D eigenvalue weighted by Gasteiger charge is 2.23. The number of benzene rings is 1. The van der Waals surface area contributed by atoms with Gasteiger partial charge in [0.1, 0.15) is 16.0 Å². The van der Waals surface area contributed by atoms with Crippen molar-refractivity contribution in [3.63, 3.8) is 0 Å². The van der Waals surface area contributed by atoms with Gasteiger partial charge in [0.25, 0.3) is 5.78 Å². The van der Waals surface area contributed by atoms with Gasteiger partial charge < -0.3 is 4.74 Å². The molecule has 9 heteroatoms. The zero-order valence-corrected chi connectivity index (χ0v) is 13.3. The Morgan fingerprint density at radius 3 is 2.83 bits per heavy atom. The molecule has 3 rings (SSSR count). The standard InChI is InChI=1S/C14H9BrF2N4O2/c1-7-11(21-14(19-7)18-6-10(15)20-21)12(22)8-4-2-3-5-9(8)23-13(16)17/h2-6,13H,1H3. The summed E-state index contributed by atoms with van der Waals surface area (Å²) in [4.78, 5) is 21.0. The normalized spacial score (nSPS) is 11.2. The lowest BCUT2D eigenvalue weighted by Crippen LogP contribution is -2.12. The lowest BCUT2D eigenvalue weighted by molar-refractivity contribution is -0.0501. The largest absolute Gasteiger partial charge is 0.434 e. The molecule has 0 fully saturated rings. The molecule has 23 heavy (non-hydrogen) atoms. The number of carbonyl (C=O) groups is 1. The minimum Gasteiger partial charge on any atom is -0.434 e. The summed E-state index contributed by atoms with van der Waals surface area (Å²) < 4.78 is 31.1. The van der Waals surface area contributed by atoms with Gasteiger partial charge in [-0.25, -0.2) is 9.97 Å². The summed E-state index contributed by atoms with van der Waals surface area (Å²) >= 11 is 3.17. The van der Waals surface area contributed by atoms with Gasteiger partial charge in [-0.15, -0.1) is 0 Å². The third kappa shape index (κ3) is 2.91. The smallest absolute Gasteiger partial charge is 0.387 e. The molecule has 0 atom stereocenters. The van der Waals surface area contributed by atoms with Crippen LogP contribution in [-0.4, -0.2) is 32.0 Å². The summed E-state index contributed by atoms with van der Waals surface area (Å²) in [6, 6.07) is 5.78. The zero-order chi connectivity index (χ0) is 16.6. The maximum absolute atomic E-state index is 12.8. The van der Waals surface area contributed by atoms with Crippen LogP contribution in [-0.2, 0) is 0 Å². The van der Waals surface area contributed by atoms with Crippen molar-refractivity contribution in [3.05, 3.63) is 52.0 Å². The van der Waals surface area contributed by atoms with Crippen molar-refractivity contribution < 1.29 is 18.3 Å². The molecule has 0 unspecified atom stereocenters. The molecular weight excluding hydrogens is 374 g/mol. The van der Waals surface area contributed by atoms with Gasteiger partial charge in [-0.3, -0.25) is 4.79 Å². The number of hydrogen-bond donors (Lipinski definition) is 0. The number of rotatable bonds is 4. The number of aromatic nitrogens is 4. The van der Waals surface area contributed by atoms with E-state index in [2.05, 4.69) is 35.7 Å². The Labute approximate surface area is 137 Å². The first-order chi connectivity index (χ1) is 11.0. The highest BCUT2D eigenvalue weighted by molar-refractivity contribution is 9.10. The predicted octanol–water partition coefficient (Wildman–Crippen LogP) is 3.03. The molecule has 0 spiro atoms. The number of hydrogen-bond acceptors (Lipinski definition) is 5. The Hall–Kier alpha value is -2.42. The second kappa shape index (κ2) is 5.99. The van der Waals surface area contributed by atoms with E-state index in [9.17, 15) is 13.6 Å². The molecule has 0 N–H and O–H groups in total. The number of aryl methyl sites for hydroxylation is 1. The summed E-state index contributed by atoms with van der Waals surface area (Å²) in [6.45, 7) is -1.41. The van der Waals surface area contributed by atoms with Crippen LogP contribution in [0.15, 0.2) is 35.1 Å². The Bertz CT molecular complexity index is 898. The molecule has 0 aliphatic heterocycles. The molecule has 0 radical (unpaired) electrons. The molecule has 0 bridgehead atoms. The van der Waals surface area contributed by atoms with Crippen LogP contribution in [0.1, 0.15) is 21.7 Å². The number of para-hydroxylation sites is 1. The van der Waals surface area contributed by atoms with E-state index in [4.69, 9.17) is 0 Å². The number of imidazole rings is 1. The van der Waals surface area contributed by atoms with Crippen LogP contribution < -0.4 is 4.74 Å². The number of nitrogens with zero attached hydrogens (tertiary/aromatic N) is 4. The number of fused-ring (bicyclic) bond motifs is 1. The van der Waals surface area contributed by atoms with Gasteiger partial charge in [0.15, 0.2) is 0 Å². The molecular formula is C14H9BrF2N4O2. The van der Waals surface area contributed by atoms with E-state index in [1.54, 1.807) is 13.0 Å². The van der Waals surface area contributed by atoms with Crippen LogP contribution in [0.4, 0.5) is 8.78 Å². The summed E-state index contributed by atoms with van der Waals surface area (Å²) in [5.74, 6) is -0.496. The van der Waals surface area contributed by atoms with Crippen molar-refractivity contribution >= 4 is 27.5 Å². The van der Waals surface area contributed by atoms with E-state index in [1.807, 2.05) is 0 Å². The molecule has 0 saturated heterocycles. The molecule has 1 aromatic carbocycles. The first-order valence-electron chi connectivity index (χ1n) is 6.44. The van der Waals surface area contributed by atoms with Crippen LogP contribution in [0.25, 0.3) is 5.78 Å². The lowest BCUT2D eigenvalue weighted by Gasteiger charge is -2.09. The minimum absolute atomic E-state index is 0.000486. The summed E-state index contributed by atoms with van der Waals surface area (Å²) in [5.41, 5.74) is 0.526. The van der Waals surface area contributed by atoms with Crippen molar-refractivity contribution in [2.75, 3.05) is 0 Å². The summed E-state index contributed by atoms with van der Waals surface area (Å²) in [6.07, 6.45) is 1.45. The van der Waals surface area contributed by atoms with Crippen LogP contribution in [0.5, 0.6) is 5.75 Å². The van der Waals surface area contributed by atoms with E-state index in [1.165, 1.54) is 28.9 Å². The molecule has 0 amide bonds. The maximum atomic E-state index is 12.8. The fraction of sp³-hybridized carbons (Fsp3) is 0.143. The molecule has 118 valence electrons. The van der Waals surface area contributed by atoms with E-state index in [0.29, 0.717) is 10.3 Å². The summed E-state index contributed by atoms with van der Waals surface area (Å²) in [7, 11) is 0. The number of alkyl halides is 2. The molecule has 3 aromatic rings. The van der Waals surface area contributed by atoms with Crippen LogP contribution in [0.2, 0.25) is 0 Å². The Morgan fingerprint density at radius 2 is 2.09 bits per heavy atom. The predicted molar refractivity (Wildman–Crippen MR) is 79.7 cm³/mol. The number of ketones is 1. The average Bonchev–Trinajstić information content (AvgIpc) is 2.81. The van der Waals surface area contributed by atoms with Crippen molar-refractivity contribution in [1.82, 2.24) is 19.6 Å². The van der Waals surface area contributed by atoms with Crippen LogP contribution >= 0.6 is 15.9 Å². The Kier molecular flexibility index (Phi) is 4.03.